The lowest BCUT2D eigenvalue weighted by Gasteiger charge is -2.23. The van der Waals surface area contributed by atoms with E-state index in [-0.39, 0.29) is 29.7 Å². The summed E-state index contributed by atoms with van der Waals surface area (Å²) in [6, 6.07) is 10.4. The molecule has 3 rings (SSSR count). The molecule has 1 heterocycles. The van der Waals surface area contributed by atoms with Gasteiger partial charge in [0.1, 0.15) is 23.1 Å². The minimum atomic E-state index is -0.541. The highest BCUT2D eigenvalue weighted by Gasteiger charge is 2.23. The summed E-state index contributed by atoms with van der Waals surface area (Å²) < 4.78 is 24.9. The van der Waals surface area contributed by atoms with Crippen LogP contribution in [0, 0.1) is 5.82 Å². The molecule has 142 valence electrons. The average Bonchev–Trinajstić information content (AvgIpc) is 2.65. The molecule has 2 aromatic carbocycles. The number of halogens is 1. The molecular formula is C20H21FN2O4. The lowest BCUT2D eigenvalue weighted by Crippen LogP contribution is -2.45. The van der Waals surface area contributed by atoms with Crippen LogP contribution >= 0.6 is 0 Å². The van der Waals surface area contributed by atoms with Crippen LogP contribution < -0.4 is 20.1 Å². The SMILES string of the molecule is CCOc1ccc(Oc2ccc(F)cc2C(=O)NC2CCNC(=O)C2)cc1. The molecule has 0 radical (unpaired) electrons. The number of benzene rings is 2. The molecule has 1 atom stereocenters. The van der Waals surface area contributed by atoms with Crippen LogP contribution in [0.5, 0.6) is 17.2 Å². The van der Waals surface area contributed by atoms with Crippen LogP contribution in [0.4, 0.5) is 4.39 Å². The van der Waals surface area contributed by atoms with Gasteiger partial charge in [0.05, 0.1) is 12.2 Å². The summed E-state index contributed by atoms with van der Waals surface area (Å²) in [4.78, 5) is 24.1. The maximum absolute atomic E-state index is 13.7. The van der Waals surface area contributed by atoms with Crippen molar-refractivity contribution in [2.75, 3.05) is 13.2 Å². The average molecular weight is 372 g/mol. The summed E-state index contributed by atoms with van der Waals surface area (Å²) in [6.45, 7) is 2.95. The van der Waals surface area contributed by atoms with Crippen molar-refractivity contribution in [1.82, 2.24) is 10.6 Å². The molecule has 2 amide bonds. The van der Waals surface area contributed by atoms with Crippen molar-refractivity contribution in [3.8, 4) is 17.2 Å². The van der Waals surface area contributed by atoms with Gasteiger partial charge in [-0.3, -0.25) is 9.59 Å². The van der Waals surface area contributed by atoms with E-state index in [1.807, 2.05) is 6.92 Å². The highest BCUT2D eigenvalue weighted by atomic mass is 19.1. The van der Waals surface area contributed by atoms with Crippen molar-refractivity contribution in [3.63, 3.8) is 0 Å². The lowest BCUT2D eigenvalue weighted by atomic mass is 10.1. The number of nitrogens with one attached hydrogen (secondary N) is 2. The number of rotatable bonds is 6. The van der Waals surface area contributed by atoms with Crippen molar-refractivity contribution in [2.45, 2.75) is 25.8 Å². The van der Waals surface area contributed by atoms with E-state index in [0.29, 0.717) is 31.1 Å². The monoisotopic (exact) mass is 372 g/mol. The number of carbonyl (C=O) groups excluding carboxylic acids is 2. The molecule has 1 unspecified atom stereocenters. The molecular weight excluding hydrogens is 351 g/mol. The number of piperidine rings is 1. The molecule has 2 N–H and O–H groups in total. The summed E-state index contributed by atoms with van der Waals surface area (Å²) in [7, 11) is 0. The van der Waals surface area contributed by atoms with Gasteiger partial charge in [-0.1, -0.05) is 0 Å². The van der Waals surface area contributed by atoms with E-state index in [4.69, 9.17) is 9.47 Å². The Morgan fingerprint density at radius 2 is 1.96 bits per heavy atom. The molecule has 7 heteroatoms. The maximum atomic E-state index is 13.7. The molecule has 0 aromatic heterocycles. The second-order valence-electron chi connectivity index (χ2n) is 6.16. The summed E-state index contributed by atoms with van der Waals surface area (Å²) in [5.74, 6) is 0.305. The first-order valence-corrected chi connectivity index (χ1v) is 8.83. The van der Waals surface area contributed by atoms with Gasteiger partial charge in [0.15, 0.2) is 0 Å². The van der Waals surface area contributed by atoms with Gasteiger partial charge in [-0.25, -0.2) is 4.39 Å². The summed E-state index contributed by atoms with van der Waals surface area (Å²) in [5, 5.41) is 5.48. The van der Waals surface area contributed by atoms with Crippen LogP contribution in [-0.2, 0) is 4.79 Å². The van der Waals surface area contributed by atoms with E-state index in [9.17, 15) is 14.0 Å². The van der Waals surface area contributed by atoms with Gasteiger partial charge in [0.25, 0.3) is 5.91 Å². The van der Waals surface area contributed by atoms with Crippen molar-refractivity contribution >= 4 is 11.8 Å². The Morgan fingerprint density at radius 3 is 2.67 bits per heavy atom. The van der Waals surface area contributed by atoms with E-state index in [2.05, 4.69) is 10.6 Å². The molecule has 6 nitrogen and oxygen atoms in total. The second-order valence-corrected chi connectivity index (χ2v) is 6.16. The van der Waals surface area contributed by atoms with Crippen molar-refractivity contribution in [1.29, 1.82) is 0 Å². The first kappa shape index (κ1) is 18.7. The van der Waals surface area contributed by atoms with E-state index in [1.54, 1.807) is 24.3 Å². The van der Waals surface area contributed by atoms with Crippen LogP contribution in [0.2, 0.25) is 0 Å². The Kier molecular flexibility index (Phi) is 5.90. The molecule has 1 fully saturated rings. The zero-order valence-electron chi connectivity index (χ0n) is 15.0. The van der Waals surface area contributed by atoms with E-state index in [0.717, 1.165) is 6.07 Å². The number of hydrogen-bond donors (Lipinski definition) is 2. The largest absolute Gasteiger partial charge is 0.494 e. The molecule has 0 saturated carbocycles. The first-order valence-electron chi connectivity index (χ1n) is 8.83. The minimum Gasteiger partial charge on any atom is -0.494 e. The quantitative estimate of drug-likeness (QED) is 0.817. The zero-order valence-corrected chi connectivity index (χ0v) is 15.0. The zero-order chi connectivity index (χ0) is 19.2. The molecule has 1 saturated heterocycles. The van der Waals surface area contributed by atoms with Gasteiger partial charge in [-0.2, -0.15) is 0 Å². The Balaban J connectivity index is 1.75. The maximum Gasteiger partial charge on any atom is 0.255 e. The second kappa shape index (κ2) is 8.53. The number of hydrogen-bond acceptors (Lipinski definition) is 4. The van der Waals surface area contributed by atoms with Gasteiger partial charge in [0.2, 0.25) is 5.91 Å². The van der Waals surface area contributed by atoms with Crippen LogP contribution in [0.25, 0.3) is 0 Å². The van der Waals surface area contributed by atoms with E-state index >= 15 is 0 Å². The minimum absolute atomic E-state index is 0.0786. The molecule has 0 spiro atoms. The van der Waals surface area contributed by atoms with Crippen LogP contribution in [0.1, 0.15) is 30.1 Å². The predicted octanol–water partition coefficient (Wildman–Crippen LogP) is 3.03. The molecule has 1 aliphatic heterocycles. The highest BCUT2D eigenvalue weighted by molar-refractivity contribution is 5.97. The topological polar surface area (TPSA) is 76.7 Å². The fourth-order valence-corrected chi connectivity index (χ4v) is 2.84. The van der Waals surface area contributed by atoms with Crippen molar-refractivity contribution < 1.29 is 23.5 Å². The van der Waals surface area contributed by atoms with Crippen LogP contribution in [0.3, 0.4) is 0 Å². The number of amides is 2. The van der Waals surface area contributed by atoms with E-state index in [1.165, 1.54) is 12.1 Å². The Bertz CT molecular complexity index is 823. The first-order chi connectivity index (χ1) is 13.0. The number of carbonyl (C=O) groups is 2. The van der Waals surface area contributed by atoms with Crippen molar-refractivity contribution in [2.24, 2.45) is 0 Å². The van der Waals surface area contributed by atoms with Gasteiger partial charge in [0, 0.05) is 19.0 Å². The molecule has 1 aliphatic rings. The van der Waals surface area contributed by atoms with Crippen LogP contribution in [-0.4, -0.2) is 31.0 Å². The van der Waals surface area contributed by atoms with Gasteiger partial charge in [-0.05, 0) is 55.8 Å². The van der Waals surface area contributed by atoms with Gasteiger partial charge >= 0.3 is 0 Å². The highest BCUT2D eigenvalue weighted by Crippen LogP contribution is 2.28. The van der Waals surface area contributed by atoms with Crippen LogP contribution in [0.15, 0.2) is 42.5 Å². The predicted molar refractivity (Wildman–Crippen MR) is 97.6 cm³/mol. The molecule has 2 aromatic rings. The summed E-state index contributed by atoms with van der Waals surface area (Å²) in [5.41, 5.74) is 0.0786. The van der Waals surface area contributed by atoms with Gasteiger partial charge in [-0.15, -0.1) is 0 Å². The summed E-state index contributed by atoms with van der Waals surface area (Å²) >= 11 is 0. The normalized spacial score (nSPS) is 16.4. The number of ether oxygens (including phenoxy) is 2. The smallest absolute Gasteiger partial charge is 0.255 e. The molecule has 27 heavy (non-hydrogen) atoms. The Morgan fingerprint density at radius 1 is 1.22 bits per heavy atom. The third kappa shape index (κ3) is 4.97. The third-order valence-corrected chi connectivity index (χ3v) is 4.13. The standard InChI is InChI=1S/C20H21FN2O4/c1-2-26-15-4-6-16(7-5-15)27-18-8-3-13(21)11-17(18)20(25)23-14-9-10-22-19(24)12-14/h3-8,11,14H,2,9-10,12H2,1H3,(H,22,24)(H,23,25). The van der Waals surface area contributed by atoms with Gasteiger partial charge < -0.3 is 20.1 Å². The third-order valence-electron chi connectivity index (χ3n) is 4.13. The lowest BCUT2D eigenvalue weighted by molar-refractivity contribution is -0.122. The van der Waals surface area contributed by atoms with E-state index < -0.39 is 11.7 Å². The Labute approximate surface area is 156 Å². The Hall–Kier alpha value is -3.09. The molecule has 0 aliphatic carbocycles. The van der Waals surface area contributed by atoms with Crippen molar-refractivity contribution in [3.05, 3.63) is 53.8 Å². The summed E-state index contributed by atoms with van der Waals surface area (Å²) in [6.07, 6.45) is 0.831. The fourth-order valence-electron chi connectivity index (χ4n) is 2.84. The fraction of sp³-hybridized carbons (Fsp3) is 0.300. The molecule has 0 bridgehead atoms.